The van der Waals surface area contributed by atoms with E-state index in [2.05, 4.69) is 4.98 Å². The van der Waals surface area contributed by atoms with Crippen molar-refractivity contribution in [2.45, 2.75) is 9.79 Å². The van der Waals surface area contributed by atoms with E-state index in [0.717, 1.165) is 9.60 Å². The van der Waals surface area contributed by atoms with E-state index in [-0.39, 0.29) is 11.4 Å². The first kappa shape index (κ1) is 12.9. The van der Waals surface area contributed by atoms with Gasteiger partial charge in [0.1, 0.15) is 5.75 Å². The van der Waals surface area contributed by atoms with Crippen molar-refractivity contribution in [2.24, 2.45) is 0 Å². The molecular formula is C13H8N2O3S2. The second kappa shape index (κ2) is 5.10. The highest BCUT2D eigenvalue weighted by Gasteiger charge is 2.21. The van der Waals surface area contributed by atoms with Crippen molar-refractivity contribution in [3.8, 4) is 5.75 Å². The molecule has 2 aromatic carbocycles. The van der Waals surface area contributed by atoms with Gasteiger partial charge in [0.2, 0.25) is 0 Å². The van der Waals surface area contributed by atoms with Gasteiger partial charge in [0, 0.05) is 4.90 Å². The van der Waals surface area contributed by atoms with Gasteiger partial charge in [-0.2, -0.15) is 0 Å². The fourth-order valence-corrected chi connectivity index (χ4v) is 3.41. The average Bonchev–Trinajstić information content (AvgIpc) is 2.89. The third-order valence-corrected chi connectivity index (χ3v) is 4.54. The van der Waals surface area contributed by atoms with Crippen molar-refractivity contribution in [3.63, 3.8) is 0 Å². The van der Waals surface area contributed by atoms with Crippen molar-refractivity contribution in [1.29, 1.82) is 0 Å². The number of hydrogen-bond acceptors (Lipinski definition) is 6. The smallest absolute Gasteiger partial charge is 0.310 e. The summed E-state index contributed by atoms with van der Waals surface area (Å²) in [5.74, 6) is 0.166. The van der Waals surface area contributed by atoms with Gasteiger partial charge < -0.3 is 5.11 Å². The molecule has 5 nitrogen and oxygen atoms in total. The molecule has 0 aliphatic carbocycles. The van der Waals surface area contributed by atoms with E-state index in [1.54, 1.807) is 35.8 Å². The fourth-order valence-electron chi connectivity index (χ4n) is 1.80. The van der Waals surface area contributed by atoms with Crippen molar-refractivity contribution in [1.82, 2.24) is 4.98 Å². The first-order valence-electron chi connectivity index (χ1n) is 5.62. The number of fused-ring (bicyclic) bond motifs is 1. The summed E-state index contributed by atoms with van der Waals surface area (Å²) in [4.78, 5) is 16.3. The van der Waals surface area contributed by atoms with Crippen LogP contribution in [0.3, 0.4) is 0 Å². The third kappa shape index (κ3) is 2.33. The average molecular weight is 304 g/mol. The highest BCUT2D eigenvalue weighted by Crippen LogP contribution is 2.40. The van der Waals surface area contributed by atoms with E-state index < -0.39 is 4.92 Å². The summed E-state index contributed by atoms with van der Waals surface area (Å²) in [5, 5.41) is 20.5. The summed E-state index contributed by atoms with van der Waals surface area (Å²) in [5.41, 5.74) is 2.05. The summed E-state index contributed by atoms with van der Waals surface area (Å²) in [6.45, 7) is 0. The van der Waals surface area contributed by atoms with E-state index in [9.17, 15) is 15.2 Å². The minimum absolute atomic E-state index is 0.0295. The SMILES string of the molecule is O=[N+]([O-])c1c(Sc2ccc(O)cc2)ccc2scnc12. The summed E-state index contributed by atoms with van der Waals surface area (Å²) in [6.07, 6.45) is 0. The standard InChI is InChI=1S/C13H8N2O3S2/c16-8-1-3-9(4-2-8)20-11-6-5-10-12(14-7-19-10)13(11)15(17)18/h1-7,16H. The molecule has 1 N–H and O–H groups in total. The Kier molecular flexibility index (Phi) is 3.29. The number of phenolic OH excluding ortho intramolecular Hbond substituents is 1. The highest BCUT2D eigenvalue weighted by atomic mass is 32.2. The Hall–Kier alpha value is -2.12. The van der Waals surface area contributed by atoms with E-state index in [1.807, 2.05) is 6.07 Å². The largest absolute Gasteiger partial charge is 0.508 e. The number of nitrogens with zero attached hydrogens (tertiary/aromatic N) is 2. The van der Waals surface area contributed by atoms with Gasteiger partial charge >= 0.3 is 5.69 Å². The fraction of sp³-hybridized carbons (Fsp3) is 0. The number of aromatic hydroxyl groups is 1. The van der Waals surface area contributed by atoms with Gasteiger partial charge in [0.25, 0.3) is 0 Å². The van der Waals surface area contributed by atoms with Crippen LogP contribution in [0.5, 0.6) is 5.75 Å². The van der Waals surface area contributed by atoms with Crippen molar-refractivity contribution in [3.05, 3.63) is 52.0 Å². The molecular weight excluding hydrogens is 296 g/mol. The second-order valence-electron chi connectivity index (χ2n) is 3.96. The Morgan fingerprint density at radius 3 is 2.65 bits per heavy atom. The Morgan fingerprint density at radius 1 is 1.20 bits per heavy atom. The number of benzene rings is 2. The lowest BCUT2D eigenvalue weighted by molar-refractivity contribution is -0.386. The molecule has 0 fully saturated rings. The molecule has 0 aliphatic rings. The molecule has 20 heavy (non-hydrogen) atoms. The van der Waals surface area contributed by atoms with Crippen LogP contribution >= 0.6 is 23.1 Å². The van der Waals surface area contributed by atoms with Crippen LogP contribution in [0.15, 0.2) is 51.7 Å². The summed E-state index contributed by atoms with van der Waals surface area (Å²) < 4.78 is 0.798. The number of aromatic nitrogens is 1. The van der Waals surface area contributed by atoms with Crippen molar-refractivity contribution in [2.75, 3.05) is 0 Å². The Labute approximate surface area is 122 Å². The van der Waals surface area contributed by atoms with E-state index in [4.69, 9.17) is 0 Å². The Balaban J connectivity index is 2.08. The van der Waals surface area contributed by atoms with Crippen LogP contribution in [-0.2, 0) is 0 Å². The lowest BCUT2D eigenvalue weighted by Crippen LogP contribution is -1.92. The van der Waals surface area contributed by atoms with E-state index in [0.29, 0.717) is 10.4 Å². The molecule has 7 heteroatoms. The molecule has 3 aromatic rings. The van der Waals surface area contributed by atoms with Crippen molar-refractivity contribution >= 4 is 39.0 Å². The molecule has 0 atom stereocenters. The first-order valence-corrected chi connectivity index (χ1v) is 7.32. The Bertz CT molecular complexity index is 784. The zero-order valence-electron chi connectivity index (χ0n) is 10.0. The van der Waals surface area contributed by atoms with Crippen LogP contribution < -0.4 is 0 Å². The predicted octanol–water partition coefficient (Wildman–Crippen LogP) is 4.06. The maximum atomic E-state index is 11.3. The van der Waals surface area contributed by atoms with Gasteiger partial charge in [-0.05, 0) is 36.4 Å². The zero-order chi connectivity index (χ0) is 14.1. The van der Waals surface area contributed by atoms with E-state index >= 15 is 0 Å². The maximum Gasteiger partial charge on any atom is 0.310 e. The van der Waals surface area contributed by atoms with Gasteiger partial charge in [-0.3, -0.25) is 10.1 Å². The molecule has 0 unspecified atom stereocenters. The number of thiazole rings is 1. The third-order valence-electron chi connectivity index (χ3n) is 2.69. The number of rotatable bonds is 3. The van der Waals surface area contributed by atoms with Gasteiger partial charge in [-0.25, -0.2) is 4.98 Å². The molecule has 0 aliphatic heterocycles. The van der Waals surface area contributed by atoms with Gasteiger partial charge in [-0.1, -0.05) is 11.8 Å². The number of phenols is 1. The highest BCUT2D eigenvalue weighted by molar-refractivity contribution is 7.99. The van der Waals surface area contributed by atoms with Crippen LogP contribution in [0, 0.1) is 10.1 Å². The molecule has 0 spiro atoms. The predicted molar refractivity (Wildman–Crippen MR) is 78.5 cm³/mol. The lowest BCUT2D eigenvalue weighted by Gasteiger charge is -2.03. The second-order valence-corrected chi connectivity index (χ2v) is 5.97. The summed E-state index contributed by atoms with van der Waals surface area (Å²) in [6, 6.07) is 10.1. The monoisotopic (exact) mass is 304 g/mol. The first-order chi connectivity index (χ1) is 9.65. The zero-order valence-corrected chi connectivity index (χ0v) is 11.6. The minimum atomic E-state index is -0.398. The molecule has 3 rings (SSSR count). The molecule has 0 amide bonds. The van der Waals surface area contributed by atoms with Gasteiger partial charge in [-0.15, -0.1) is 11.3 Å². The topological polar surface area (TPSA) is 76.3 Å². The van der Waals surface area contributed by atoms with Crippen LogP contribution in [-0.4, -0.2) is 15.0 Å². The van der Waals surface area contributed by atoms with Gasteiger partial charge in [0.05, 0.1) is 20.0 Å². The van der Waals surface area contributed by atoms with Crippen LogP contribution in [0.25, 0.3) is 10.2 Å². The number of nitro groups is 1. The van der Waals surface area contributed by atoms with Crippen molar-refractivity contribution < 1.29 is 10.0 Å². The molecule has 0 saturated heterocycles. The van der Waals surface area contributed by atoms with Crippen LogP contribution in [0.1, 0.15) is 0 Å². The minimum Gasteiger partial charge on any atom is -0.508 e. The lowest BCUT2D eigenvalue weighted by atomic mass is 10.3. The molecule has 0 radical (unpaired) electrons. The maximum absolute atomic E-state index is 11.3. The normalized spacial score (nSPS) is 10.8. The molecule has 0 bridgehead atoms. The number of nitro benzene ring substituents is 1. The summed E-state index contributed by atoms with van der Waals surface area (Å²) in [7, 11) is 0. The van der Waals surface area contributed by atoms with Crippen LogP contribution in [0.2, 0.25) is 0 Å². The quantitative estimate of drug-likeness (QED) is 0.583. The number of hydrogen-bond donors (Lipinski definition) is 1. The van der Waals surface area contributed by atoms with Gasteiger partial charge in [0.15, 0.2) is 5.52 Å². The molecule has 1 heterocycles. The molecule has 1 aromatic heterocycles. The van der Waals surface area contributed by atoms with Crippen LogP contribution in [0.4, 0.5) is 5.69 Å². The molecule has 100 valence electrons. The molecule has 0 saturated carbocycles. The summed E-state index contributed by atoms with van der Waals surface area (Å²) >= 11 is 2.66. The Morgan fingerprint density at radius 2 is 1.95 bits per heavy atom. The van der Waals surface area contributed by atoms with E-state index in [1.165, 1.54) is 23.1 Å².